The van der Waals surface area contributed by atoms with E-state index in [9.17, 15) is 14.4 Å². The monoisotopic (exact) mass is 444 g/mol. The molecule has 3 rings (SSSR count). The molecule has 0 bridgehead atoms. The number of carbonyl (C=O) groups is 3. The molecule has 0 fully saturated rings. The van der Waals surface area contributed by atoms with Crippen LogP contribution in [0.4, 0.5) is 11.4 Å². The summed E-state index contributed by atoms with van der Waals surface area (Å²) in [5.74, 6) is -0.584. The van der Waals surface area contributed by atoms with Crippen LogP contribution in [0.15, 0.2) is 78.9 Å². The summed E-state index contributed by atoms with van der Waals surface area (Å²) in [6.07, 6.45) is 0. The third-order valence-corrected chi connectivity index (χ3v) is 4.99. The van der Waals surface area contributed by atoms with Crippen molar-refractivity contribution in [3.63, 3.8) is 0 Å². The van der Waals surface area contributed by atoms with Crippen LogP contribution in [0, 0.1) is 0 Å². The average Bonchev–Trinajstić information content (AvgIpc) is 2.84. The largest absolute Gasteiger partial charge is 0.376 e. The molecule has 0 saturated heterocycles. The van der Waals surface area contributed by atoms with Crippen molar-refractivity contribution < 1.29 is 14.4 Å². The summed E-state index contributed by atoms with van der Waals surface area (Å²) in [5, 5.41) is 11.5. The first-order valence-electron chi connectivity index (χ1n) is 10.8. The molecule has 0 spiro atoms. The van der Waals surface area contributed by atoms with Crippen LogP contribution in [0.5, 0.6) is 0 Å². The van der Waals surface area contributed by atoms with E-state index in [0.29, 0.717) is 29.0 Å². The maximum absolute atomic E-state index is 12.6. The molecule has 7 heteroatoms. The molecule has 170 valence electrons. The van der Waals surface area contributed by atoms with Gasteiger partial charge in [-0.05, 0) is 61.9 Å². The Morgan fingerprint density at radius 2 is 1.52 bits per heavy atom. The molecule has 4 N–H and O–H groups in total. The Balaban J connectivity index is 1.52. The lowest BCUT2D eigenvalue weighted by Gasteiger charge is -2.15. The summed E-state index contributed by atoms with van der Waals surface area (Å²) < 4.78 is 0. The highest BCUT2D eigenvalue weighted by molar-refractivity contribution is 5.97. The van der Waals surface area contributed by atoms with E-state index in [2.05, 4.69) is 21.3 Å². The molecule has 0 heterocycles. The molecule has 0 aliphatic carbocycles. The van der Waals surface area contributed by atoms with E-state index in [0.717, 1.165) is 5.56 Å². The Bertz CT molecular complexity index is 1100. The highest BCUT2D eigenvalue weighted by Gasteiger charge is 2.12. The van der Waals surface area contributed by atoms with Gasteiger partial charge in [-0.2, -0.15) is 0 Å². The van der Waals surface area contributed by atoms with Gasteiger partial charge >= 0.3 is 0 Å². The summed E-state index contributed by atoms with van der Waals surface area (Å²) in [5.41, 5.74) is 3.32. The van der Waals surface area contributed by atoms with Gasteiger partial charge in [-0.25, -0.2) is 0 Å². The fraction of sp³-hybridized carbons (Fsp3) is 0.192. The average molecular weight is 445 g/mol. The lowest BCUT2D eigenvalue weighted by molar-refractivity contribution is -0.114. The lowest BCUT2D eigenvalue weighted by Crippen LogP contribution is -2.27. The molecular formula is C26H28N4O3. The molecule has 3 amide bonds. The molecule has 33 heavy (non-hydrogen) atoms. The number of anilines is 2. The highest BCUT2D eigenvalue weighted by atomic mass is 16.2. The first-order chi connectivity index (χ1) is 16.0. The Labute approximate surface area is 193 Å². The third kappa shape index (κ3) is 6.93. The maximum atomic E-state index is 12.6. The number of hydrogen-bond acceptors (Lipinski definition) is 4. The summed E-state index contributed by atoms with van der Waals surface area (Å²) in [6.45, 7) is 4.37. The fourth-order valence-electron chi connectivity index (χ4n) is 3.23. The van der Waals surface area contributed by atoms with Crippen LogP contribution in [0.1, 0.15) is 46.2 Å². The van der Waals surface area contributed by atoms with Crippen molar-refractivity contribution in [3.05, 3.63) is 95.6 Å². The van der Waals surface area contributed by atoms with E-state index in [-0.39, 0.29) is 30.3 Å². The second kappa shape index (κ2) is 11.5. The summed E-state index contributed by atoms with van der Waals surface area (Å²) in [6, 6.07) is 23.3. The van der Waals surface area contributed by atoms with Crippen LogP contribution >= 0.6 is 0 Å². The molecule has 1 atom stereocenters. The molecular weight excluding hydrogens is 416 g/mol. The molecule has 0 radical (unpaired) electrons. The Morgan fingerprint density at radius 3 is 2.21 bits per heavy atom. The van der Waals surface area contributed by atoms with E-state index < -0.39 is 0 Å². The minimum atomic E-state index is -0.242. The van der Waals surface area contributed by atoms with Crippen LogP contribution < -0.4 is 21.3 Å². The lowest BCUT2D eigenvalue weighted by atomic mass is 10.1. The van der Waals surface area contributed by atoms with Crippen LogP contribution in [-0.4, -0.2) is 30.8 Å². The Kier molecular flexibility index (Phi) is 8.18. The van der Waals surface area contributed by atoms with Gasteiger partial charge in [0.2, 0.25) is 5.91 Å². The number of nitrogens with one attached hydrogen (secondary N) is 4. The first-order valence-corrected chi connectivity index (χ1v) is 10.8. The van der Waals surface area contributed by atoms with Crippen molar-refractivity contribution >= 4 is 29.1 Å². The van der Waals surface area contributed by atoms with Crippen molar-refractivity contribution in [2.24, 2.45) is 0 Å². The number of amides is 3. The molecule has 1 unspecified atom stereocenters. The van der Waals surface area contributed by atoms with Crippen molar-refractivity contribution in [3.8, 4) is 0 Å². The van der Waals surface area contributed by atoms with E-state index >= 15 is 0 Å². The van der Waals surface area contributed by atoms with Crippen molar-refractivity contribution in [1.29, 1.82) is 0 Å². The molecule has 7 nitrogen and oxygen atoms in total. The Morgan fingerprint density at radius 1 is 0.788 bits per heavy atom. The van der Waals surface area contributed by atoms with E-state index in [4.69, 9.17) is 0 Å². The standard InChI is InChI=1S/C26H28N4O3/c1-3-27-25(32)20-12-14-22(15-13-20)30-24(31)17-28-23-11-7-10-21(16-23)26(33)29-18(2)19-8-5-4-6-9-19/h4-16,18,28H,3,17H2,1-2H3,(H,27,32)(H,29,33)(H,30,31). The summed E-state index contributed by atoms with van der Waals surface area (Å²) in [7, 11) is 0. The van der Waals surface area contributed by atoms with Crippen molar-refractivity contribution in [2.45, 2.75) is 19.9 Å². The van der Waals surface area contributed by atoms with E-state index in [1.54, 1.807) is 48.5 Å². The summed E-state index contributed by atoms with van der Waals surface area (Å²) >= 11 is 0. The SMILES string of the molecule is CCNC(=O)c1ccc(NC(=O)CNc2cccc(C(=O)NC(C)c3ccccc3)c2)cc1. The molecule has 0 saturated carbocycles. The van der Waals surface area contributed by atoms with Gasteiger partial charge in [-0.3, -0.25) is 14.4 Å². The van der Waals surface area contributed by atoms with Gasteiger partial charge in [0, 0.05) is 29.0 Å². The van der Waals surface area contributed by atoms with Gasteiger partial charge in [-0.15, -0.1) is 0 Å². The Hall–Kier alpha value is -4.13. The number of benzene rings is 3. The van der Waals surface area contributed by atoms with Gasteiger partial charge in [0.05, 0.1) is 12.6 Å². The predicted molar refractivity (Wildman–Crippen MR) is 130 cm³/mol. The van der Waals surface area contributed by atoms with Gasteiger partial charge in [-0.1, -0.05) is 36.4 Å². The first kappa shape index (κ1) is 23.5. The van der Waals surface area contributed by atoms with Crippen LogP contribution in [-0.2, 0) is 4.79 Å². The van der Waals surface area contributed by atoms with Crippen molar-refractivity contribution in [1.82, 2.24) is 10.6 Å². The van der Waals surface area contributed by atoms with Gasteiger partial charge in [0.1, 0.15) is 0 Å². The third-order valence-electron chi connectivity index (χ3n) is 4.99. The second-order valence-corrected chi connectivity index (χ2v) is 7.53. The molecule has 0 aliphatic rings. The highest BCUT2D eigenvalue weighted by Crippen LogP contribution is 2.15. The van der Waals surface area contributed by atoms with Crippen LogP contribution in [0.2, 0.25) is 0 Å². The van der Waals surface area contributed by atoms with Crippen molar-refractivity contribution in [2.75, 3.05) is 23.7 Å². The van der Waals surface area contributed by atoms with Gasteiger partial charge < -0.3 is 21.3 Å². The number of rotatable bonds is 9. The smallest absolute Gasteiger partial charge is 0.251 e. The van der Waals surface area contributed by atoms with Crippen LogP contribution in [0.25, 0.3) is 0 Å². The molecule has 3 aromatic carbocycles. The van der Waals surface area contributed by atoms with Gasteiger partial charge in [0.25, 0.3) is 11.8 Å². The van der Waals surface area contributed by atoms with Gasteiger partial charge in [0.15, 0.2) is 0 Å². The zero-order valence-electron chi connectivity index (χ0n) is 18.7. The van der Waals surface area contributed by atoms with E-state index in [1.807, 2.05) is 44.2 Å². The summed E-state index contributed by atoms with van der Waals surface area (Å²) in [4.78, 5) is 36.7. The minimum absolute atomic E-state index is 0.0313. The predicted octanol–water partition coefficient (Wildman–Crippen LogP) is 3.98. The second-order valence-electron chi connectivity index (χ2n) is 7.53. The van der Waals surface area contributed by atoms with E-state index in [1.165, 1.54) is 0 Å². The number of carbonyl (C=O) groups excluding carboxylic acids is 3. The van der Waals surface area contributed by atoms with Crippen LogP contribution in [0.3, 0.4) is 0 Å². The normalized spacial score (nSPS) is 11.2. The maximum Gasteiger partial charge on any atom is 0.251 e. The fourth-order valence-corrected chi connectivity index (χ4v) is 3.23. The topological polar surface area (TPSA) is 99.3 Å². The molecule has 0 aromatic heterocycles. The molecule has 3 aromatic rings. The molecule has 0 aliphatic heterocycles. The quantitative estimate of drug-likeness (QED) is 0.401. The number of hydrogen-bond donors (Lipinski definition) is 4. The minimum Gasteiger partial charge on any atom is -0.376 e. The zero-order valence-corrected chi connectivity index (χ0v) is 18.7. The zero-order chi connectivity index (χ0) is 23.6.